The number of carbonyl (C=O) groups is 1. The number of rotatable bonds is 6. The molecular weight excluding hydrogens is 483 g/mol. The first-order chi connectivity index (χ1) is 16.1. The third kappa shape index (κ3) is 5.08. The largest absolute Gasteiger partial charge is 0.467 e. The lowest BCUT2D eigenvalue weighted by Crippen LogP contribution is -2.59. The molecule has 4 atom stereocenters. The van der Waals surface area contributed by atoms with E-state index >= 15 is 4.39 Å². The fourth-order valence-electron chi connectivity index (χ4n) is 4.62. The van der Waals surface area contributed by atoms with Crippen LogP contribution in [0.15, 0.2) is 18.2 Å². The maximum absolute atomic E-state index is 15.7. The van der Waals surface area contributed by atoms with Crippen molar-refractivity contribution >= 4 is 34.2 Å². The molecule has 0 aliphatic carbocycles. The molecule has 0 saturated carbocycles. The van der Waals surface area contributed by atoms with E-state index in [2.05, 4.69) is 10.2 Å². The number of fused-ring (bicyclic) bond motifs is 2. The first kappa shape index (κ1) is 24.9. The number of aromatic nitrogens is 2. The van der Waals surface area contributed by atoms with E-state index in [1.54, 1.807) is 17.0 Å². The zero-order chi connectivity index (χ0) is 24.6. The zero-order valence-electron chi connectivity index (χ0n) is 20.0. The number of alkyl halides is 1. The molecule has 2 aromatic rings. The molecule has 0 N–H and O–H groups in total. The standard InChI is InChI=1S/C23H30ClFN4O4S/c1-23(2,3)33-22(30)29-14-7-9-16(29)19(25)17(11-14)28(4)21-27-26-20(34-21)15-8-6-13(24)10-18(15)32-12-31-5/h6,8,10,14,16-17,19H,7,9,11-12H2,1-5H3/t14-,16+,17-,19+/m1/s1. The second-order valence-electron chi connectivity index (χ2n) is 9.63. The fourth-order valence-corrected chi connectivity index (χ4v) is 5.67. The molecule has 0 radical (unpaired) electrons. The Kier molecular flexibility index (Phi) is 7.21. The number of hydrogen-bond donors (Lipinski definition) is 0. The summed E-state index contributed by atoms with van der Waals surface area (Å²) in [6, 6.07) is 4.29. The number of nitrogens with zero attached hydrogens (tertiary/aromatic N) is 4. The molecule has 2 aliphatic rings. The highest BCUT2D eigenvalue weighted by Crippen LogP contribution is 2.42. The van der Waals surface area contributed by atoms with Crippen LogP contribution in [0.5, 0.6) is 5.75 Å². The lowest BCUT2D eigenvalue weighted by Gasteiger charge is -2.44. The average molecular weight is 513 g/mol. The molecule has 1 aromatic heterocycles. The van der Waals surface area contributed by atoms with Gasteiger partial charge in [-0.2, -0.15) is 0 Å². The average Bonchev–Trinajstić information content (AvgIpc) is 3.38. The van der Waals surface area contributed by atoms with Crippen LogP contribution in [0.2, 0.25) is 5.02 Å². The highest BCUT2D eigenvalue weighted by atomic mass is 35.5. The minimum atomic E-state index is -1.22. The maximum Gasteiger partial charge on any atom is 0.410 e. The summed E-state index contributed by atoms with van der Waals surface area (Å²) in [6.45, 7) is 5.53. The Labute approximate surface area is 207 Å². The third-order valence-corrected chi connectivity index (χ3v) is 7.40. The van der Waals surface area contributed by atoms with Crippen molar-refractivity contribution in [3.63, 3.8) is 0 Å². The number of benzene rings is 1. The van der Waals surface area contributed by atoms with E-state index in [0.29, 0.717) is 33.8 Å². The second-order valence-corrected chi connectivity index (χ2v) is 11.0. The molecule has 186 valence electrons. The van der Waals surface area contributed by atoms with Crippen molar-refractivity contribution in [3.8, 4) is 16.3 Å². The van der Waals surface area contributed by atoms with E-state index < -0.39 is 29.9 Å². The van der Waals surface area contributed by atoms with Crippen molar-refractivity contribution < 1.29 is 23.4 Å². The van der Waals surface area contributed by atoms with Crippen LogP contribution in [0.3, 0.4) is 0 Å². The van der Waals surface area contributed by atoms with Crippen molar-refractivity contribution in [1.29, 1.82) is 0 Å². The molecule has 34 heavy (non-hydrogen) atoms. The van der Waals surface area contributed by atoms with Crippen molar-refractivity contribution in [2.75, 3.05) is 25.9 Å². The van der Waals surface area contributed by atoms with Crippen molar-refractivity contribution in [2.45, 2.75) is 69.9 Å². The van der Waals surface area contributed by atoms with Gasteiger partial charge in [-0.05, 0) is 58.2 Å². The normalized spacial score (nSPS) is 24.3. The minimum absolute atomic E-state index is 0.0583. The molecule has 1 aromatic carbocycles. The maximum atomic E-state index is 15.7. The lowest BCUT2D eigenvalue weighted by atomic mass is 9.95. The van der Waals surface area contributed by atoms with Crippen LogP contribution in [0.1, 0.15) is 40.0 Å². The molecule has 8 nitrogen and oxygen atoms in total. The zero-order valence-corrected chi connectivity index (χ0v) is 21.5. The Bertz CT molecular complexity index is 1030. The van der Waals surface area contributed by atoms with Gasteiger partial charge in [0, 0.05) is 25.2 Å². The van der Waals surface area contributed by atoms with Crippen molar-refractivity contribution in [1.82, 2.24) is 15.1 Å². The molecule has 2 fully saturated rings. The number of hydrogen-bond acceptors (Lipinski definition) is 8. The van der Waals surface area contributed by atoms with Gasteiger partial charge in [-0.25, -0.2) is 9.18 Å². The molecule has 0 unspecified atom stereocenters. The van der Waals surface area contributed by atoms with Crippen LogP contribution >= 0.6 is 22.9 Å². The summed E-state index contributed by atoms with van der Waals surface area (Å²) in [5, 5.41) is 10.4. The predicted octanol–water partition coefficient (Wildman–Crippen LogP) is 5.16. The number of carbonyl (C=O) groups excluding carboxylic acids is 1. The summed E-state index contributed by atoms with van der Waals surface area (Å²) in [5.74, 6) is 0.534. The molecule has 0 spiro atoms. The third-order valence-electron chi connectivity index (χ3n) is 6.12. The van der Waals surface area contributed by atoms with Crippen molar-refractivity contribution in [2.24, 2.45) is 0 Å². The SMILES string of the molecule is COCOc1cc(Cl)ccc1-c1nnc(N(C)[C@@H]2C[C@H]3CC[C@@H]([C@@H]2F)N3C(=O)OC(C)(C)C)s1. The van der Waals surface area contributed by atoms with E-state index in [0.717, 1.165) is 12.0 Å². The van der Waals surface area contributed by atoms with Gasteiger partial charge in [-0.1, -0.05) is 22.9 Å². The minimum Gasteiger partial charge on any atom is -0.467 e. The molecule has 11 heteroatoms. The van der Waals surface area contributed by atoms with Crippen LogP contribution in [0.4, 0.5) is 14.3 Å². The Balaban J connectivity index is 1.51. The van der Waals surface area contributed by atoms with E-state index in [4.69, 9.17) is 25.8 Å². The Hall–Kier alpha value is -2.17. The van der Waals surface area contributed by atoms with E-state index in [9.17, 15) is 4.79 Å². The molecule has 4 rings (SSSR count). The van der Waals surface area contributed by atoms with Crippen LogP contribution in [0, 0.1) is 0 Å². The molecule has 1 amide bonds. The molecule has 2 bridgehead atoms. The summed E-state index contributed by atoms with van der Waals surface area (Å²) in [5.41, 5.74) is 0.113. The number of piperidine rings is 1. The van der Waals surface area contributed by atoms with Gasteiger partial charge in [0.25, 0.3) is 0 Å². The molecular formula is C23H30ClFN4O4S. The lowest BCUT2D eigenvalue weighted by molar-refractivity contribution is -0.0103. The van der Waals surface area contributed by atoms with Crippen LogP contribution in [0.25, 0.3) is 10.6 Å². The molecule has 2 saturated heterocycles. The summed E-state index contributed by atoms with van der Waals surface area (Å²) in [6.07, 6.45) is 0.238. The Morgan fingerprint density at radius 3 is 2.79 bits per heavy atom. The van der Waals surface area contributed by atoms with Gasteiger partial charge in [0.15, 0.2) is 11.8 Å². The number of anilines is 1. The number of halogens is 2. The van der Waals surface area contributed by atoms with E-state index in [1.165, 1.54) is 18.4 Å². The molecule has 2 aliphatic heterocycles. The van der Waals surface area contributed by atoms with Crippen LogP contribution in [-0.4, -0.2) is 72.0 Å². The van der Waals surface area contributed by atoms with Crippen LogP contribution in [-0.2, 0) is 9.47 Å². The Morgan fingerprint density at radius 2 is 2.09 bits per heavy atom. The summed E-state index contributed by atoms with van der Waals surface area (Å²) in [4.78, 5) is 16.2. The highest BCUT2D eigenvalue weighted by molar-refractivity contribution is 7.18. The van der Waals surface area contributed by atoms with Crippen LogP contribution < -0.4 is 9.64 Å². The van der Waals surface area contributed by atoms with Gasteiger partial charge in [-0.15, -0.1) is 10.2 Å². The van der Waals surface area contributed by atoms with Gasteiger partial charge in [0.1, 0.15) is 17.5 Å². The fraction of sp³-hybridized carbons (Fsp3) is 0.609. The van der Waals surface area contributed by atoms with Gasteiger partial charge in [-0.3, -0.25) is 4.90 Å². The monoisotopic (exact) mass is 512 g/mol. The van der Waals surface area contributed by atoms with Gasteiger partial charge in [0.2, 0.25) is 5.13 Å². The predicted molar refractivity (Wildman–Crippen MR) is 129 cm³/mol. The highest BCUT2D eigenvalue weighted by Gasteiger charge is 2.52. The van der Waals surface area contributed by atoms with E-state index in [1.807, 2.05) is 38.8 Å². The van der Waals surface area contributed by atoms with Crippen molar-refractivity contribution in [3.05, 3.63) is 23.2 Å². The number of methoxy groups -OCH3 is 1. The number of amides is 1. The van der Waals surface area contributed by atoms with Gasteiger partial charge < -0.3 is 19.1 Å². The van der Waals surface area contributed by atoms with E-state index in [-0.39, 0.29) is 12.8 Å². The second kappa shape index (κ2) is 9.83. The smallest absolute Gasteiger partial charge is 0.410 e. The quantitative estimate of drug-likeness (QED) is 0.495. The Morgan fingerprint density at radius 1 is 1.32 bits per heavy atom. The summed E-state index contributed by atoms with van der Waals surface area (Å²) < 4.78 is 31.9. The summed E-state index contributed by atoms with van der Waals surface area (Å²) >= 11 is 7.47. The first-order valence-electron chi connectivity index (χ1n) is 11.2. The van der Waals surface area contributed by atoms with Gasteiger partial charge >= 0.3 is 6.09 Å². The van der Waals surface area contributed by atoms with Gasteiger partial charge in [0.05, 0.1) is 17.6 Å². The summed E-state index contributed by atoms with van der Waals surface area (Å²) in [7, 11) is 3.37. The topological polar surface area (TPSA) is 77.0 Å². The molecule has 3 heterocycles. The first-order valence-corrected chi connectivity index (χ1v) is 12.4. The number of ether oxygens (including phenoxy) is 3.